The van der Waals surface area contributed by atoms with Crippen LogP contribution in [0.1, 0.15) is 46.0 Å². The number of ether oxygens (including phenoxy) is 1. The first-order chi connectivity index (χ1) is 13.3. The van der Waals surface area contributed by atoms with Crippen molar-refractivity contribution in [3.63, 3.8) is 0 Å². The number of rotatable bonds is 5. The second kappa shape index (κ2) is 7.68. The number of carbonyl (C=O) groups excluding carboxylic acids is 3. The lowest BCUT2D eigenvalue weighted by Crippen LogP contribution is -2.30. The van der Waals surface area contributed by atoms with E-state index in [4.69, 9.17) is 4.74 Å². The Morgan fingerprint density at radius 2 is 1.71 bits per heavy atom. The average molecular weight is 378 g/mol. The number of nitrogens with one attached hydrogen (secondary N) is 2. The summed E-state index contributed by atoms with van der Waals surface area (Å²) in [7, 11) is 0. The Morgan fingerprint density at radius 1 is 1.04 bits per heavy atom. The molecular formula is C22H22N2O4. The molecule has 1 heterocycles. The van der Waals surface area contributed by atoms with Crippen LogP contribution in [0.3, 0.4) is 0 Å². The van der Waals surface area contributed by atoms with E-state index in [1.807, 2.05) is 36.4 Å². The first-order valence-electron chi connectivity index (χ1n) is 8.99. The van der Waals surface area contributed by atoms with Gasteiger partial charge >= 0.3 is 5.97 Å². The molecule has 0 fully saturated rings. The van der Waals surface area contributed by atoms with Gasteiger partial charge in [0.25, 0.3) is 5.91 Å². The van der Waals surface area contributed by atoms with E-state index in [0.717, 1.165) is 10.8 Å². The summed E-state index contributed by atoms with van der Waals surface area (Å²) in [5.41, 5.74) is 2.44. The fraction of sp³-hybridized carbons (Fsp3) is 0.227. The Balaban J connectivity index is 1.75. The molecule has 0 spiro atoms. The Bertz CT molecular complexity index is 1080. The number of hydrogen-bond acceptors (Lipinski definition) is 4. The van der Waals surface area contributed by atoms with Crippen molar-refractivity contribution in [2.75, 3.05) is 5.32 Å². The highest BCUT2D eigenvalue weighted by Crippen LogP contribution is 2.24. The molecule has 6 nitrogen and oxygen atoms in total. The number of amides is 1. The lowest BCUT2D eigenvalue weighted by molar-refractivity contribution is -0.123. The summed E-state index contributed by atoms with van der Waals surface area (Å²) < 4.78 is 5.32. The molecule has 0 aliphatic heterocycles. The molecule has 2 N–H and O–H groups in total. The minimum absolute atomic E-state index is 0.132. The standard InChI is InChI=1S/C22H22N2O4/c1-12-19(14(3)25)13(2)23-20(12)22(27)28-15(4)21(26)24-18-11-7-9-16-8-5-6-10-17(16)18/h5-11,15,23H,1-4H3,(H,24,26)/t15-/m0/s1. The van der Waals surface area contributed by atoms with Crippen LogP contribution in [-0.2, 0) is 9.53 Å². The molecule has 3 rings (SSSR count). The Morgan fingerprint density at radius 3 is 2.39 bits per heavy atom. The third kappa shape index (κ3) is 3.67. The number of anilines is 1. The number of H-pyrrole nitrogens is 1. The number of fused-ring (bicyclic) bond motifs is 1. The third-order valence-electron chi connectivity index (χ3n) is 4.69. The van der Waals surface area contributed by atoms with E-state index in [1.54, 1.807) is 19.9 Å². The summed E-state index contributed by atoms with van der Waals surface area (Å²) in [6.45, 7) is 6.35. The van der Waals surface area contributed by atoms with E-state index >= 15 is 0 Å². The van der Waals surface area contributed by atoms with Crippen molar-refractivity contribution in [3.05, 3.63) is 65.0 Å². The zero-order chi connectivity index (χ0) is 20.4. The van der Waals surface area contributed by atoms with Crippen molar-refractivity contribution in [1.29, 1.82) is 0 Å². The number of carbonyl (C=O) groups is 3. The van der Waals surface area contributed by atoms with E-state index in [-0.39, 0.29) is 11.5 Å². The van der Waals surface area contributed by atoms with Gasteiger partial charge in [0.05, 0.1) is 0 Å². The molecule has 6 heteroatoms. The molecule has 0 saturated heterocycles. The van der Waals surface area contributed by atoms with Crippen molar-refractivity contribution in [2.45, 2.75) is 33.8 Å². The third-order valence-corrected chi connectivity index (χ3v) is 4.69. The second-order valence-corrected chi connectivity index (χ2v) is 6.74. The molecule has 3 aromatic rings. The first-order valence-corrected chi connectivity index (χ1v) is 8.99. The minimum atomic E-state index is -1.00. The molecule has 1 amide bonds. The Hall–Kier alpha value is -3.41. The number of aromatic nitrogens is 1. The molecule has 0 saturated carbocycles. The van der Waals surface area contributed by atoms with Gasteiger partial charge in [-0.2, -0.15) is 0 Å². The van der Waals surface area contributed by atoms with Gasteiger partial charge in [0.15, 0.2) is 11.9 Å². The molecule has 0 radical (unpaired) electrons. The summed E-state index contributed by atoms with van der Waals surface area (Å²) in [6, 6.07) is 13.3. The molecule has 0 aliphatic carbocycles. The van der Waals surface area contributed by atoms with Crippen LogP contribution in [-0.4, -0.2) is 28.7 Å². The van der Waals surface area contributed by atoms with E-state index in [2.05, 4.69) is 10.3 Å². The van der Waals surface area contributed by atoms with Crippen molar-refractivity contribution in [2.24, 2.45) is 0 Å². The van der Waals surface area contributed by atoms with Gasteiger partial charge in [0.1, 0.15) is 5.69 Å². The van der Waals surface area contributed by atoms with Gasteiger partial charge in [-0.25, -0.2) is 4.79 Å². The molecule has 0 bridgehead atoms. The second-order valence-electron chi connectivity index (χ2n) is 6.74. The van der Waals surface area contributed by atoms with Crippen LogP contribution in [0.15, 0.2) is 42.5 Å². The van der Waals surface area contributed by atoms with Crippen LogP contribution in [0, 0.1) is 13.8 Å². The number of ketones is 1. The van der Waals surface area contributed by atoms with E-state index in [1.165, 1.54) is 13.8 Å². The van der Waals surface area contributed by atoms with Gasteiger partial charge in [-0.3, -0.25) is 9.59 Å². The summed E-state index contributed by atoms with van der Waals surface area (Å²) >= 11 is 0. The maximum atomic E-state index is 12.5. The van der Waals surface area contributed by atoms with Crippen LogP contribution >= 0.6 is 0 Å². The topological polar surface area (TPSA) is 88.3 Å². The van der Waals surface area contributed by atoms with Gasteiger partial charge in [0, 0.05) is 22.3 Å². The quantitative estimate of drug-likeness (QED) is 0.515. The van der Waals surface area contributed by atoms with E-state index in [0.29, 0.717) is 22.5 Å². The monoisotopic (exact) mass is 378 g/mol. The van der Waals surface area contributed by atoms with Crippen LogP contribution in [0.2, 0.25) is 0 Å². The lowest BCUT2D eigenvalue weighted by atomic mass is 10.1. The van der Waals surface area contributed by atoms with Gasteiger partial charge < -0.3 is 15.0 Å². The largest absolute Gasteiger partial charge is 0.448 e. The van der Waals surface area contributed by atoms with Crippen LogP contribution < -0.4 is 5.32 Å². The minimum Gasteiger partial charge on any atom is -0.448 e. The van der Waals surface area contributed by atoms with E-state index < -0.39 is 18.0 Å². The lowest BCUT2D eigenvalue weighted by Gasteiger charge is -2.14. The fourth-order valence-electron chi connectivity index (χ4n) is 3.32. The number of benzene rings is 2. The highest BCUT2D eigenvalue weighted by atomic mass is 16.5. The van der Waals surface area contributed by atoms with Crippen LogP contribution in [0.4, 0.5) is 5.69 Å². The number of esters is 1. The Labute approximate surface area is 162 Å². The summed E-state index contributed by atoms with van der Waals surface area (Å²) in [6.07, 6.45) is -1.00. The molecule has 144 valence electrons. The molecule has 0 unspecified atom stereocenters. The van der Waals surface area contributed by atoms with Crippen molar-refractivity contribution in [3.8, 4) is 0 Å². The Kier molecular flexibility index (Phi) is 5.31. The van der Waals surface area contributed by atoms with Crippen LogP contribution in [0.25, 0.3) is 10.8 Å². The van der Waals surface area contributed by atoms with E-state index in [9.17, 15) is 14.4 Å². The van der Waals surface area contributed by atoms with Gasteiger partial charge in [-0.15, -0.1) is 0 Å². The fourth-order valence-corrected chi connectivity index (χ4v) is 3.32. The highest BCUT2D eigenvalue weighted by molar-refractivity contribution is 6.05. The maximum absolute atomic E-state index is 12.5. The van der Waals surface area contributed by atoms with Crippen molar-refractivity contribution >= 4 is 34.1 Å². The van der Waals surface area contributed by atoms with Gasteiger partial charge in [0.2, 0.25) is 0 Å². The van der Waals surface area contributed by atoms with Crippen LogP contribution in [0.5, 0.6) is 0 Å². The zero-order valence-electron chi connectivity index (χ0n) is 16.3. The zero-order valence-corrected chi connectivity index (χ0v) is 16.3. The highest BCUT2D eigenvalue weighted by Gasteiger charge is 2.25. The SMILES string of the molecule is CC(=O)c1c(C)[nH]c(C(=O)O[C@@H](C)C(=O)Nc2cccc3ccccc23)c1C. The number of aromatic amines is 1. The summed E-state index contributed by atoms with van der Waals surface area (Å²) in [4.78, 5) is 39.6. The molecule has 2 aromatic carbocycles. The summed E-state index contributed by atoms with van der Waals surface area (Å²) in [5, 5.41) is 4.71. The van der Waals surface area contributed by atoms with Gasteiger partial charge in [-0.1, -0.05) is 36.4 Å². The molecule has 1 aromatic heterocycles. The average Bonchev–Trinajstić information content (AvgIpc) is 2.96. The molecular weight excluding hydrogens is 356 g/mol. The predicted octanol–water partition coefficient (Wildman–Crippen LogP) is 4.17. The number of Topliss-reactive ketones (excluding diaryl/α,β-unsaturated/α-hetero) is 1. The van der Waals surface area contributed by atoms with Crippen molar-refractivity contribution < 1.29 is 19.1 Å². The number of hydrogen-bond donors (Lipinski definition) is 2. The normalized spacial score (nSPS) is 11.9. The van der Waals surface area contributed by atoms with Crippen molar-refractivity contribution in [1.82, 2.24) is 4.98 Å². The molecule has 1 atom stereocenters. The smallest absolute Gasteiger partial charge is 0.355 e. The summed E-state index contributed by atoms with van der Waals surface area (Å²) in [5.74, 6) is -1.24. The molecule has 0 aliphatic rings. The predicted molar refractivity (Wildman–Crippen MR) is 108 cm³/mol. The molecule has 28 heavy (non-hydrogen) atoms. The van der Waals surface area contributed by atoms with Gasteiger partial charge in [-0.05, 0) is 44.7 Å². The maximum Gasteiger partial charge on any atom is 0.355 e. The first kappa shape index (κ1) is 19.4. The number of aryl methyl sites for hydroxylation is 1.